The second kappa shape index (κ2) is 6.75. The number of pyridine rings is 1. The van der Waals surface area contributed by atoms with Crippen LogP contribution in [0.2, 0.25) is 0 Å². The van der Waals surface area contributed by atoms with Crippen molar-refractivity contribution in [3.05, 3.63) is 53.7 Å². The van der Waals surface area contributed by atoms with Gasteiger partial charge in [-0.15, -0.1) is 16.4 Å². The topological polar surface area (TPSA) is 58.4 Å². The van der Waals surface area contributed by atoms with E-state index in [1.807, 2.05) is 29.0 Å². The quantitative estimate of drug-likeness (QED) is 0.595. The van der Waals surface area contributed by atoms with E-state index in [9.17, 15) is 0 Å². The Morgan fingerprint density at radius 3 is 2.56 bits per heavy atom. The van der Waals surface area contributed by atoms with Crippen molar-refractivity contribution < 1.29 is 0 Å². The van der Waals surface area contributed by atoms with E-state index in [1.54, 1.807) is 11.3 Å². The highest BCUT2D eigenvalue weighted by molar-refractivity contribution is 7.15. The second-order valence-electron chi connectivity index (χ2n) is 6.65. The van der Waals surface area contributed by atoms with Crippen molar-refractivity contribution in [2.45, 2.75) is 6.92 Å². The molecule has 1 aliphatic heterocycles. The Bertz CT molecular complexity index is 1080. The van der Waals surface area contributed by atoms with Crippen LogP contribution in [-0.2, 0) is 0 Å². The van der Waals surface area contributed by atoms with E-state index < -0.39 is 0 Å². The molecule has 1 aliphatic rings. The molecule has 5 rings (SSSR count). The van der Waals surface area contributed by atoms with E-state index in [4.69, 9.17) is 10.1 Å². The molecule has 0 atom stereocenters. The monoisotopic (exact) mass is 376 g/mol. The van der Waals surface area contributed by atoms with Crippen molar-refractivity contribution >= 4 is 22.8 Å². The minimum Gasteiger partial charge on any atom is -0.353 e. The smallest absolute Gasteiger partial charge is 0.155 e. The van der Waals surface area contributed by atoms with E-state index in [-0.39, 0.29) is 0 Å². The third-order valence-corrected chi connectivity index (χ3v) is 5.84. The fraction of sp³-hybridized carbons (Fsp3) is 0.250. The molecule has 5 heterocycles. The normalized spacial score (nSPS) is 14.8. The largest absolute Gasteiger partial charge is 0.353 e. The maximum Gasteiger partial charge on any atom is 0.155 e. The van der Waals surface area contributed by atoms with Gasteiger partial charge in [0.2, 0.25) is 0 Å². The number of nitrogens with one attached hydrogen (secondary N) is 1. The van der Waals surface area contributed by atoms with Crippen LogP contribution in [0.4, 0.5) is 5.82 Å². The second-order valence-corrected chi connectivity index (χ2v) is 7.94. The average molecular weight is 376 g/mol. The van der Waals surface area contributed by atoms with Gasteiger partial charge in [-0.25, -0.2) is 9.50 Å². The highest BCUT2D eigenvalue weighted by Gasteiger charge is 2.20. The molecule has 0 amide bonds. The van der Waals surface area contributed by atoms with Crippen molar-refractivity contribution in [2.24, 2.45) is 0 Å². The molecule has 27 heavy (non-hydrogen) atoms. The number of imidazole rings is 1. The molecule has 6 nitrogen and oxygen atoms in total. The zero-order valence-electron chi connectivity index (χ0n) is 15.1. The molecule has 0 bridgehead atoms. The van der Waals surface area contributed by atoms with Gasteiger partial charge in [0.05, 0.1) is 4.88 Å². The highest BCUT2D eigenvalue weighted by Crippen LogP contribution is 2.36. The van der Waals surface area contributed by atoms with Gasteiger partial charge < -0.3 is 10.2 Å². The first-order valence-corrected chi connectivity index (χ1v) is 9.94. The molecule has 1 fully saturated rings. The Kier molecular flexibility index (Phi) is 4.10. The Morgan fingerprint density at radius 1 is 1.00 bits per heavy atom. The standard InChI is InChI=1S/C20H20N6S/c1-14-2-3-16(27-14)19-20(15-6-8-21-9-7-15)26-17(23-19)4-5-18(24-26)25-12-10-22-11-13-25/h2-9,22H,10-13H2,1H3. The Labute approximate surface area is 161 Å². The molecule has 0 radical (unpaired) electrons. The lowest BCUT2D eigenvalue weighted by molar-refractivity contribution is 0.582. The number of anilines is 1. The lowest BCUT2D eigenvalue weighted by atomic mass is 10.1. The molecule has 0 spiro atoms. The van der Waals surface area contributed by atoms with Crippen LogP contribution in [-0.4, -0.2) is 45.8 Å². The van der Waals surface area contributed by atoms with Crippen molar-refractivity contribution in [1.82, 2.24) is 24.9 Å². The van der Waals surface area contributed by atoms with Gasteiger partial charge in [0.25, 0.3) is 0 Å². The molecule has 7 heteroatoms. The summed E-state index contributed by atoms with van der Waals surface area (Å²) in [5, 5.41) is 8.36. The number of fused-ring (bicyclic) bond motifs is 1. The first-order chi connectivity index (χ1) is 13.3. The lowest BCUT2D eigenvalue weighted by Gasteiger charge is -2.28. The van der Waals surface area contributed by atoms with E-state index in [0.29, 0.717) is 0 Å². The molecule has 0 unspecified atom stereocenters. The molecule has 1 saturated heterocycles. The summed E-state index contributed by atoms with van der Waals surface area (Å²) in [4.78, 5) is 13.8. The van der Waals surface area contributed by atoms with Gasteiger partial charge in [-0.3, -0.25) is 4.98 Å². The maximum absolute atomic E-state index is 4.96. The average Bonchev–Trinajstić information content (AvgIpc) is 3.32. The summed E-state index contributed by atoms with van der Waals surface area (Å²) < 4.78 is 1.98. The highest BCUT2D eigenvalue weighted by atomic mass is 32.1. The number of aryl methyl sites for hydroxylation is 1. The summed E-state index contributed by atoms with van der Waals surface area (Å²) in [7, 11) is 0. The van der Waals surface area contributed by atoms with Gasteiger partial charge in [-0.1, -0.05) is 0 Å². The zero-order valence-corrected chi connectivity index (χ0v) is 15.9. The summed E-state index contributed by atoms with van der Waals surface area (Å²) in [5.74, 6) is 0.991. The fourth-order valence-corrected chi connectivity index (χ4v) is 4.35. The molecular weight excluding hydrogens is 356 g/mol. The van der Waals surface area contributed by atoms with E-state index in [0.717, 1.165) is 59.5 Å². The van der Waals surface area contributed by atoms with Crippen LogP contribution >= 0.6 is 11.3 Å². The summed E-state index contributed by atoms with van der Waals surface area (Å²) in [6.07, 6.45) is 3.64. The third-order valence-electron chi connectivity index (χ3n) is 4.83. The Morgan fingerprint density at radius 2 is 1.81 bits per heavy atom. The van der Waals surface area contributed by atoms with Gasteiger partial charge in [0.1, 0.15) is 17.2 Å². The van der Waals surface area contributed by atoms with Crippen LogP contribution in [0, 0.1) is 6.92 Å². The molecule has 1 N–H and O–H groups in total. The number of aromatic nitrogens is 4. The van der Waals surface area contributed by atoms with Crippen LogP contribution in [0.3, 0.4) is 0 Å². The first kappa shape index (κ1) is 16.4. The SMILES string of the molecule is Cc1ccc(-c2nc3ccc(N4CCNCC4)nn3c2-c2ccncc2)s1. The third kappa shape index (κ3) is 2.98. The van der Waals surface area contributed by atoms with Crippen LogP contribution < -0.4 is 10.2 Å². The number of hydrogen-bond acceptors (Lipinski definition) is 6. The number of hydrogen-bond donors (Lipinski definition) is 1. The molecule has 136 valence electrons. The maximum atomic E-state index is 4.96. The van der Waals surface area contributed by atoms with Crippen molar-refractivity contribution in [3.63, 3.8) is 0 Å². The Hall–Kier alpha value is -2.77. The van der Waals surface area contributed by atoms with E-state index in [1.165, 1.54) is 4.88 Å². The van der Waals surface area contributed by atoms with Crippen molar-refractivity contribution in [2.75, 3.05) is 31.1 Å². The molecule has 4 aromatic heterocycles. The molecule has 4 aromatic rings. The number of nitrogens with zero attached hydrogens (tertiary/aromatic N) is 5. The van der Waals surface area contributed by atoms with Crippen molar-refractivity contribution in [3.8, 4) is 21.8 Å². The number of piperazine rings is 1. The molecule has 0 saturated carbocycles. The van der Waals surface area contributed by atoms with E-state index >= 15 is 0 Å². The van der Waals surface area contributed by atoms with Gasteiger partial charge in [-0.05, 0) is 43.3 Å². The van der Waals surface area contributed by atoms with Gasteiger partial charge in [0, 0.05) is 49.0 Å². The summed E-state index contributed by atoms with van der Waals surface area (Å²) >= 11 is 1.76. The van der Waals surface area contributed by atoms with Crippen LogP contribution in [0.25, 0.3) is 27.5 Å². The number of thiophene rings is 1. The molecule has 0 aromatic carbocycles. The minimum absolute atomic E-state index is 0.863. The van der Waals surface area contributed by atoms with Crippen LogP contribution in [0.5, 0.6) is 0 Å². The van der Waals surface area contributed by atoms with E-state index in [2.05, 4.69) is 46.4 Å². The number of rotatable bonds is 3. The first-order valence-electron chi connectivity index (χ1n) is 9.12. The predicted molar refractivity (Wildman–Crippen MR) is 109 cm³/mol. The fourth-order valence-electron chi connectivity index (χ4n) is 3.49. The molecular formula is C20H20N6S. The van der Waals surface area contributed by atoms with Gasteiger partial charge in [-0.2, -0.15) is 0 Å². The van der Waals surface area contributed by atoms with Crippen LogP contribution in [0.1, 0.15) is 4.88 Å². The minimum atomic E-state index is 0.863. The van der Waals surface area contributed by atoms with Crippen LogP contribution in [0.15, 0.2) is 48.8 Å². The van der Waals surface area contributed by atoms with Gasteiger partial charge in [0.15, 0.2) is 5.65 Å². The summed E-state index contributed by atoms with van der Waals surface area (Å²) in [6.45, 7) is 6.03. The summed E-state index contributed by atoms with van der Waals surface area (Å²) in [5.41, 5.74) is 3.93. The predicted octanol–water partition coefficient (Wildman–Crippen LogP) is 3.24. The van der Waals surface area contributed by atoms with Gasteiger partial charge >= 0.3 is 0 Å². The Balaban J connectivity index is 1.72. The summed E-state index contributed by atoms with van der Waals surface area (Å²) in [6, 6.07) is 12.5. The lowest BCUT2D eigenvalue weighted by Crippen LogP contribution is -2.44. The zero-order chi connectivity index (χ0) is 18.2. The van der Waals surface area contributed by atoms with Crippen molar-refractivity contribution in [1.29, 1.82) is 0 Å². The molecule has 0 aliphatic carbocycles.